The minimum Gasteiger partial charge on any atom is -0.325 e. The lowest BCUT2D eigenvalue weighted by Crippen LogP contribution is -2.17. The highest BCUT2D eigenvalue weighted by Gasteiger charge is 2.17. The summed E-state index contributed by atoms with van der Waals surface area (Å²) in [5.41, 5.74) is 0.169. The molecule has 0 saturated carbocycles. The van der Waals surface area contributed by atoms with E-state index >= 15 is 0 Å². The third-order valence-corrected chi connectivity index (χ3v) is 6.00. The van der Waals surface area contributed by atoms with Crippen LogP contribution in [0.2, 0.25) is 0 Å². The highest BCUT2D eigenvalue weighted by Crippen LogP contribution is 2.29. The van der Waals surface area contributed by atoms with Gasteiger partial charge < -0.3 is 10.6 Å². The van der Waals surface area contributed by atoms with Gasteiger partial charge >= 0.3 is 0 Å². The van der Waals surface area contributed by atoms with Gasteiger partial charge in [-0.1, -0.05) is 36.4 Å². The fourth-order valence-electron chi connectivity index (χ4n) is 2.59. The van der Waals surface area contributed by atoms with Gasteiger partial charge in [0.05, 0.1) is 16.4 Å². The molecule has 0 unspecified atom stereocenters. The molecule has 0 aliphatic heterocycles. The zero-order valence-electron chi connectivity index (χ0n) is 16.3. The number of hydrogen-bond acceptors (Lipinski definition) is 6. The van der Waals surface area contributed by atoms with Gasteiger partial charge in [0.2, 0.25) is 11.8 Å². The van der Waals surface area contributed by atoms with Crippen LogP contribution >= 0.6 is 23.5 Å². The van der Waals surface area contributed by atoms with E-state index in [9.17, 15) is 19.7 Å². The van der Waals surface area contributed by atoms with Gasteiger partial charge in [-0.2, -0.15) is 0 Å². The van der Waals surface area contributed by atoms with Crippen LogP contribution in [0.15, 0.2) is 88.7 Å². The molecule has 7 nitrogen and oxygen atoms in total. The predicted octanol–water partition coefficient (Wildman–Crippen LogP) is 5.06. The number of hydrogen-bond donors (Lipinski definition) is 2. The molecule has 2 amide bonds. The third kappa shape index (κ3) is 7.16. The number of nitro benzene ring substituents is 1. The smallest absolute Gasteiger partial charge is 0.292 e. The maximum absolute atomic E-state index is 12.3. The Kier molecular flexibility index (Phi) is 8.08. The number of anilines is 2. The minimum atomic E-state index is -0.573. The van der Waals surface area contributed by atoms with Crippen molar-refractivity contribution in [2.75, 3.05) is 22.1 Å². The number of rotatable bonds is 9. The highest BCUT2D eigenvalue weighted by atomic mass is 32.2. The molecule has 0 aliphatic carbocycles. The minimum absolute atomic E-state index is 0.0391. The number of carbonyl (C=O) groups excluding carboxylic acids is 2. The van der Waals surface area contributed by atoms with Crippen LogP contribution in [-0.2, 0) is 9.59 Å². The molecule has 0 bridgehead atoms. The van der Waals surface area contributed by atoms with Crippen molar-refractivity contribution in [1.82, 2.24) is 0 Å². The number of nitrogens with zero attached hydrogens (tertiary/aromatic N) is 1. The molecule has 3 rings (SSSR count). The van der Waals surface area contributed by atoms with Crippen molar-refractivity contribution in [3.63, 3.8) is 0 Å². The van der Waals surface area contributed by atoms with Gasteiger partial charge in [0.1, 0.15) is 5.69 Å². The van der Waals surface area contributed by atoms with Gasteiger partial charge in [-0.05, 0) is 36.4 Å². The molecule has 158 valence electrons. The Morgan fingerprint density at radius 1 is 0.774 bits per heavy atom. The Morgan fingerprint density at radius 3 is 1.81 bits per heavy atom. The number of carbonyl (C=O) groups is 2. The van der Waals surface area contributed by atoms with Gasteiger partial charge in [0, 0.05) is 21.5 Å². The summed E-state index contributed by atoms with van der Waals surface area (Å²) in [6.07, 6.45) is 0. The molecule has 0 aromatic heterocycles. The van der Waals surface area contributed by atoms with E-state index in [1.807, 2.05) is 60.7 Å². The Balaban J connectivity index is 1.62. The van der Waals surface area contributed by atoms with E-state index in [-0.39, 0.29) is 34.7 Å². The summed E-state index contributed by atoms with van der Waals surface area (Å²) >= 11 is 2.71. The van der Waals surface area contributed by atoms with Gasteiger partial charge in [0.25, 0.3) is 5.69 Å². The number of amides is 2. The van der Waals surface area contributed by atoms with E-state index in [4.69, 9.17) is 0 Å². The fourth-order valence-corrected chi connectivity index (χ4v) is 4.03. The first-order chi connectivity index (χ1) is 15.0. The lowest BCUT2D eigenvalue weighted by atomic mass is 10.2. The molecular formula is C22H19N3O4S2. The maximum atomic E-state index is 12.3. The van der Waals surface area contributed by atoms with Gasteiger partial charge in [-0.3, -0.25) is 19.7 Å². The first-order valence-electron chi connectivity index (χ1n) is 9.25. The molecule has 0 saturated heterocycles. The van der Waals surface area contributed by atoms with Crippen molar-refractivity contribution in [2.24, 2.45) is 0 Å². The van der Waals surface area contributed by atoms with Crippen LogP contribution in [0.5, 0.6) is 0 Å². The van der Waals surface area contributed by atoms with E-state index < -0.39 is 4.92 Å². The summed E-state index contributed by atoms with van der Waals surface area (Å²) in [6, 6.07) is 23.0. The highest BCUT2D eigenvalue weighted by molar-refractivity contribution is 8.00. The van der Waals surface area contributed by atoms with Crippen molar-refractivity contribution >= 4 is 52.4 Å². The van der Waals surface area contributed by atoms with Crippen molar-refractivity contribution < 1.29 is 14.5 Å². The van der Waals surface area contributed by atoms with Crippen molar-refractivity contribution in [2.45, 2.75) is 9.79 Å². The van der Waals surface area contributed by atoms with Gasteiger partial charge in [-0.25, -0.2) is 0 Å². The summed E-state index contributed by atoms with van der Waals surface area (Å²) in [4.78, 5) is 37.2. The molecule has 0 spiro atoms. The normalized spacial score (nSPS) is 10.3. The van der Waals surface area contributed by atoms with Crippen LogP contribution in [0.3, 0.4) is 0 Å². The van der Waals surface area contributed by atoms with Crippen LogP contribution in [0.1, 0.15) is 0 Å². The Morgan fingerprint density at radius 2 is 1.29 bits per heavy atom. The van der Waals surface area contributed by atoms with Crippen LogP contribution < -0.4 is 10.6 Å². The molecule has 0 fully saturated rings. The molecule has 31 heavy (non-hydrogen) atoms. The number of benzene rings is 3. The summed E-state index contributed by atoms with van der Waals surface area (Å²) < 4.78 is 0. The summed E-state index contributed by atoms with van der Waals surface area (Å²) in [6.45, 7) is 0. The summed E-state index contributed by atoms with van der Waals surface area (Å²) in [7, 11) is 0. The molecule has 0 aliphatic rings. The van der Waals surface area contributed by atoms with E-state index in [0.717, 1.165) is 9.79 Å². The molecule has 3 aromatic carbocycles. The monoisotopic (exact) mass is 453 g/mol. The molecular weight excluding hydrogens is 434 g/mol. The van der Waals surface area contributed by atoms with Crippen LogP contribution in [0.25, 0.3) is 0 Å². The van der Waals surface area contributed by atoms with Gasteiger partial charge in [0.15, 0.2) is 0 Å². The van der Waals surface area contributed by atoms with Crippen molar-refractivity contribution in [3.05, 3.63) is 89.0 Å². The van der Waals surface area contributed by atoms with E-state index in [1.165, 1.54) is 41.7 Å². The largest absolute Gasteiger partial charge is 0.325 e. The predicted molar refractivity (Wildman–Crippen MR) is 125 cm³/mol. The van der Waals surface area contributed by atoms with Crippen LogP contribution in [-0.4, -0.2) is 28.2 Å². The zero-order chi connectivity index (χ0) is 22.1. The van der Waals surface area contributed by atoms with E-state index in [1.54, 1.807) is 0 Å². The second-order valence-electron chi connectivity index (χ2n) is 6.29. The van der Waals surface area contributed by atoms with Crippen molar-refractivity contribution in [3.8, 4) is 0 Å². The summed E-state index contributed by atoms with van der Waals surface area (Å²) in [5, 5.41) is 16.6. The molecule has 2 N–H and O–H groups in total. The third-order valence-electron chi connectivity index (χ3n) is 3.98. The number of thioether (sulfide) groups is 2. The quantitative estimate of drug-likeness (QED) is 0.267. The molecule has 0 atom stereocenters. The molecule has 0 radical (unpaired) electrons. The average molecular weight is 454 g/mol. The summed E-state index contributed by atoms with van der Waals surface area (Å²) in [5.74, 6) is -0.332. The number of nitrogens with one attached hydrogen (secondary N) is 2. The SMILES string of the molecule is O=C(CSc1ccccc1)Nc1ccc([N+](=O)[O-])c(NC(=O)CSc2ccccc2)c1. The first kappa shape index (κ1) is 22.4. The standard InChI is InChI=1S/C22H19N3O4S2/c26-21(14-30-17-7-3-1-4-8-17)23-16-11-12-20(25(28)29)19(13-16)24-22(27)15-31-18-9-5-2-6-10-18/h1-13H,14-15H2,(H,23,26)(H,24,27). The number of nitro groups is 1. The second kappa shape index (κ2) is 11.2. The molecule has 3 aromatic rings. The Bertz CT molecular complexity index is 1060. The maximum Gasteiger partial charge on any atom is 0.292 e. The van der Waals surface area contributed by atoms with Crippen molar-refractivity contribution in [1.29, 1.82) is 0 Å². The topological polar surface area (TPSA) is 101 Å². The Hall–Kier alpha value is -3.30. The van der Waals surface area contributed by atoms with Gasteiger partial charge in [-0.15, -0.1) is 23.5 Å². The lowest BCUT2D eigenvalue weighted by Gasteiger charge is -2.10. The average Bonchev–Trinajstić information content (AvgIpc) is 2.78. The Labute approximate surface area is 187 Å². The van der Waals surface area contributed by atoms with Crippen LogP contribution in [0.4, 0.5) is 17.1 Å². The fraction of sp³-hybridized carbons (Fsp3) is 0.0909. The zero-order valence-corrected chi connectivity index (χ0v) is 17.9. The molecule has 0 heterocycles. The molecule has 9 heteroatoms. The lowest BCUT2D eigenvalue weighted by molar-refractivity contribution is -0.383. The van der Waals surface area contributed by atoms with E-state index in [2.05, 4.69) is 10.6 Å². The second-order valence-corrected chi connectivity index (χ2v) is 8.39. The van der Waals surface area contributed by atoms with Crippen LogP contribution in [0, 0.1) is 10.1 Å². The van der Waals surface area contributed by atoms with E-state index in [0.29, 0.717) is 5.69 Å². The first-order valence-corrected chi connectivity index (χ1v) is 11.2.